The summed E-state index contributed by atoms with van der Waals surface area (Å²) < 4.78 is 0. The lowest BCUT2D eigenvalue weighted by atomic mass is 9.69. The van der Waals surface area contributed by atoms with Crippen LogP contribution in [0.1, 0.15) is 42.4 Å². The van der Waals surface area contributed by atoms with Crippen LogP contribution in [0.4, 0.5) is 5.69 Å². The van der Waals surface area contributed by atoms with Crippen molar-refractivity contribution in [2.45, 2.75) is 37.5 Å². The number of para-hydroxylation sites is 1. The van der Waals surface area contributed by atoms with Gasteiger partial charge in [-0.1, -0.05) is 54.1 Å². The molecule has 0 bridgehead atoms. The monoisotopic (exact) mass is 358 g/mol. The number of hydrazine groups is 1. The minimum atomic E-state index is 0.134. The molecule has 1 saturated heterocycles. The van der Waals surface area contributed by atoms with Crippen LogP contribution in [-0.2, 0) is 16.6 Å². The van der Waals surface area contributed by atoms with Crippen molar-refractivity contribution in [3.05, 3.63) is 70.8 Å². The predicted molar refractivity (Wildman–Crippen MR) is 110 cm³/mol. The number of hydrogen-bond acceptors (Lipinski definition) is 3. The zero-order valence-electron chi connectivity index (χ0n) is 15.7. The number of fused-ring (bicyclic) bond motifs is 3. The van der Waals surface area contributed by atoms with E-state index in [1.807, 2.05) is 0 Å². The van der Waals surface area contributed by atoms with E-state index in [0.29, 0.717) is 6.42 Å². The minimum Gasteiger partial charge on any atom is -0.305 e. The van der Waals surface area contributed by atoms with Crippen LogP contribution in [0, 0.1) is 0 Å². The first kappa shape index (κ1) is 16.8. The Morgan fingerprint density at radius 3 is 2.59 bits per heavy atom. The molecule has 0 aromatic heterocycles. The largest absolute Gasteiger partial charge is 0.305 e. The molecule has 5 rings (SSSR count). The summed E-state index contributed by atoms with van der Waals surface area (Å²) >= 11 is 0. The molecule has 0 N–H and O–H groups in total. The average molecular weight is 358 g/mol. The minimum absolute atomic E-state index is 0.134. The second-order valence-corrected chi connectivity index (χ2v) is 8.00. The first-order valence-electron chi connectivity index (χ1n) is 10.2. The predicted octanol–water partition coefficient (Wildman–Crippen LogP) is 4.37. The second-order valence-electron chi connectivity index (χ2n) is 8.00. The lowest BCUT2D eigenvalue weighted by Crippen LogP contribution is -2.50. The zero-order valence-corrected chi connectivity index (χ0v) is 15.7. The molecule has 0 unspecified atom stereocenters. The van der Waals surface area contributed by atoms with Crippen molar-refractivity contribution in [2.24, 2.45) is 0 Å². The Labute approximate surface area is 161 Å². The van der Waals surface area contributed by atoms with Crippen molar-refractivity contribution in [1.82, 2.24) is 5.01 Å². The van der Waals surface area contributed by atoms with Gasteiger partial charge < -0.3 is 9.80 Å². The fraction of sp³-hybridized carbons (Fsp3) is 0.375. The van der Waals surface area contributed by atoms with E-state index in [9.17, 15) is 4.79 Å². The molecule has 0 radical (unpaired) electrons. The Balaban J connectivity index is 1.40. The Morgan fingerprint density at radius 2 is 1.74 bits per heavy atom. The topological polar surface area (TPSA) is 23.6 Å². The summed E-state index contributed by atoms with van der Waals surface area (Å²) in [6.07, 6.45) is 8.36. The number of benzene rings is 2. The van der Waals surface area contributed by atoms with E-state index in [2.05, 4.69) is 64.6 Å². The fourth-order valence-electron chi connectivity index (χ4n) is 5.41. The molecule has 1 spiro atoms. The smallest absolute Gasteiger partial charge is 0.120 e. The molecule has 1 aliphatic carbocycles. The molecule has 0 saturated carbocycles. The summed E-state index contributed by atoms with van der Waals surface area (Å²) in [4.78, 5) is 11.0. The molecular formula is C24H26N2O. The van der Waals surface area contributed by atoms with E-state index in [0.717, 1.165) is 51.6 Å². The number of nitrogens with zero attached hydrogens (tertiary/aromatic N) is 2. The summed E-state index contributed by atoms with van der Waals surface area (Å²) in [6, 6.07) is 17.6. The fourth-order valence-corrected chi connectivity index (χ4v) is 5.41. The Kier molecular flexibility index (Phi) is 4.13. The summed E-state index contributed by atoms with van der Waals surface area (Å²) in [5.41, 5.74) is 7.30. The highest BCUT2D eigenvalue weighted by Gasteiger charge is 2.44. The molecule has 3 nitrogen and oxygen atoms in total. The highest BCUT2D eigenvalue weighted by atomic mass is 16.1. The molecule has 1 fully saturated rings. The molecule has 3 heteroatoms. The summed E-state index contributed by atoms with van der Waals surface area (Å²) in [5, 5.41) is 5.05. The van der Waals surface area contributed by atoms with Crippen molar-refractivity contribution in [3.8, 4) is 0 Å². The van der Waals surface area contributed by atoms with E-state index >= 15 is 0 Å². The van der Waals surface area contributed by atoms with Crippen LogP contribution in [0.25, 0.3) is 6.08 Å². The van der Waals surface area contributed by atoms with Crippen LogP contribution >= 0.6 is 0 Å². The summed E-state index contributed by atoms with van der Waals surface area (Å²) in [5.74, 6) is 0. The molecule has 0 atom stereocenters. The number of carbonyl (C=O) groups excluding carboxylic acids is 1. The maximum Gasteiger partial charge on any atom is 0.120 e. The Morgan fingerprint density at radius 1 is 0.963 bits per heavy atom. The first-order valence-corrected chi connectivity index (χ1v) is 10.2. The van der Waals surface area contributed by atoms with Gasteiger partial charge in [-0.05, 0) is 48.4 Å². The van der Waals surface area contributed by atoms with Crippen LogP contribution in [0.3, 0.4) is 0 Å². The molecule has 2 aliphatic heterocycles. The summed E-state index contributed by atoms with van der Waals surface area (Å²) in [7, 11) is 0. The van der Waals surface area contributed by atoms with Gasteiger partial charge in [0.15, 0.2) is 0 Å². The number of carbonyl (C=O) groups is 1. The van der Waals surface area contributed by atoms with Crippen LogP contribution in [-0.4, -0.2) is 30.9 Å². The third-order valence-electron chi connectivity index (χ3n) is 6.75. The van der Waals surface area contributed by atoms with Gasteiger partial charge >= 0.3 is 0 Å². The van der Waals surface area contributed by atoms with Crippen LogP contribution in [0.15, 0.2) is 54.1 Å². The van der Waals surface area contributed by atoms with Crippen LogP contribution in [0.2, 0.25) is 0 Å². The molecule has 2 aromatic carbocycles. The van der Waals surface area contributed by atoms with Crippen molar-refractivity contribution in [1.29, 1.82) is 0 Å². The Bertz CT molecular complexity index is 893. The van der Waals surface area contributed by atoms with Gasteiger partial charge in [0.05, 0.1) is 5.69 Å². The van der Waals surface area contributed by atoms with Crippen molar-refractivity contribution >= 4 is 18.0 Å². The molecule has 27 heavy (non-hydrogen) atoms. The quantitative estimate of drug-likeness (QED) is 0.758. The van der Waals surface area contributed by atoms with Crippen molar-refractivity contribution < 1.29 is 4.79 Å². The SMILES string of the molecule is O=CCCC1=Cc2ccccc2C12CCN(N1CCc3ccccc31)CC2. The number of anilines is 1. The molecule has 3 aliphatic rings. The third-order valence-corrected chi connectivity index (χ3v) is 6.75. The average Bonchev–Trinajstić information content (AvgIpc) is 3.27. The first-order chi connectivity index (χ1) is 13.3. The maximum atomic E-state index is 11.0. The molecule has 2 aromatic rings. The number of hydrogen-bond donors (Lipinski definition) is 0. The number of allylic oxidation sites excluding steroid dienone is 1. The lowest BCUT2D eigenvalue weighted by Gasteiger charge is -2.45. The highest BCUT2D eigenvalue weighted by molar-refractivity contribution is 5.70. The lowest BCUT2D eigenvalue weighted by molar-refractivity contribution is -0.107. The zero-order chi connectivity index (χ0) is 18.3. The van der Waals surface area contributed by atoms with Gasteiger partial charge in [0.25, 0.3) is 0 Å². The summed E-state index contributed by atoms with van der Waals surface area (Å²) in [6.45, 7) is 3.24. The molecule has 2 heterocycles. The van der Waals surface area contributed by atoms with E-state index in [-0.39, 0.29) is 5.41 Å². The van der Waals surface area contributed by atoms with Gasteiger partial charge in [0.2, 0.25) is 0 Å². The van der Waals surface area contributed by atoms with Gasteiger partial charge in [-0.3, -0.25) is 0 Å². The van der Waals surface area contributed by atoms with E-state index in [1.54, 1.807) is 0 Å². The molecular weight excluding hydrogens is 332 g/mol. The van der Waals surface area contributed by atoms with Crippen LogP contribution in [0.5, 0.6) is 0 Å². The maximum absolute atomic E-state index is 11.0. The van der Waals surface area contributed by atoms with Gasteiger partial charge in [-0.2, -0.15) is 0 Å². The van der Waals surface area contributed by atoms with E-state index in [1.165, 1.54) is 28.0 Å². The van der Waals surface area contributed by atoms with Gasteiger partial charge in [0.1, 0.15) is 6.29 Å². The van der Waals surface area contributed by atoms with Crippen molar-refractivity contribution in [2.75, 3.05) is 24.6 Å². The molecule has 138 valence electrons. The molecule has 0 amide bonds. The van der Waals surface area contributed by atoms with Crippen LogP contribution < -0.4 is 5.01 Å². The number of piperidine rings is 1. The van der Waals surface area contributed by atoms with Gasteiger partial charge in [-0.15, -0.1) is 0 Å². The van der Waals surface area contributed by atoms with Crippen molar-refractivity contribution in [3.63, 3.8) is 0 Å². The van der Waals surface area contributed by atoms with Gasteiger partial charge in [0, 0.05) is 31.5 Å². The normalized spacial score (nSPS) is 20.4. The van der Waals surface area contributed by atoms with Gasteiger partial charge in [-0.25, -0.2) is 5.01 Å². The second kappa shape index (κ2) is 6.65. The number of aldehydes is 1. The van der Waals surface area contributed by atoms with E-state index in [4.69, 9.17) is 0 Å². The third kappa shape index (κ3) is 2.64. The number of rotatable bonds is 4. The standard InChI is InChI=1S/C24H26N2O/c27-17-5-8-21-18-20-7-1-3-9-22(20)24(21)12-15-25(16-13-24)26-14-11-19-6-2-4-10-23(19)26/h1-4,6-7,9-10,17-18H,5,8,11-16H2. The highest BCUT2D eigenvalue weighted by Crippen LogP contribution is 2.50. The van der Waals surface area contributed by atoms with E-state index < -0.39 is 0 Å². The Hall–Kier alpha value is -2.39.